The predicted octanol–water partition coefficient (Wildman–Crippen LogP) is 4.71. The van der Waals surface area contributed by atoms with E-state index in [0.717, 1.165) is 12.1 Å². The van der Waals surface area contributed by atoms with Crippen LogP contribution in [0.15, 0.2) is 45.8 Å². The van der Waals surface area contributed by atoms with Gasteiger partial charge in [0.2, 0.25) is 0 Å². The van der Waals surface area contributed by atoms with Crippen molar-refractivity contribution in [2.45, 2.75) is 23.9 Å². The fourth-order valence-electron chi connectivity index (χ4n) is 2.53. The molecule has 2 aromatic carbocycles. The van der Waals surface area contributed by atoms with Crippen molar-refractivity contribution < 1.29 is 30.9 Å². The molecule has 25 heavy (non-hydrogen) atoms. The normalized spacial score (nSPS) is 13.6. The van der Waals surface area contributed by atoms with Crippen molar-refractivity contribution in [2.24, 2.45) is 0 Å². The van der Waals surface area contributed by atoms with Crippen molar-refractivity contribution in [3.8, 4) is 5.75 Å². The monoisotopic (exact) mass is 438 g/mol. The fraction of sp³-hybridized carbons (Fsp3) is 0.250. The molecule has 1 N–H and O–H groups in total. The second-order valence-corrected chi connectivity index (χ2v) is 7.63. The summed E-state index contributed by atoms with van der Waals surface area (Å²) in [6.45, 7) is 1.53. The van der Waals surface area contributed by atoms with E-state index < -0.39 is 32.7 Å². The van der Waals surface area contributed by atoms with Gasteiger partial charge in [-0.2, -0.15) is 21.6 Å². The number of methoxy groups -OCH3 is 1. The first-order valence-corrected chi connectivity index (χ1v) is 9.16. The number of halogens is 4. The van der Waals surface area contributed by atoms with Crippen LogP contribution in [0.3, 0.4) is 0 Å². The minimum atomic E-state index is -4.83. The minimum absolute atomic E-state index is 0.174. The molecule has 0 aliphatic heterocycles. The molecule has 1 unspecified atom stereocenters. The topological polar surface area (TPSA) is 63.6 Å². The lowest BCUT2D eigenvalue weighted by atomic mass is 9.89. The van der Waals surface area contributed by atoms with Crippen molar-refractivity contribution in [1.29, 1.82) is 0 Å². The van der Waals surface area contributed by atoms with Gasteiger partial charge in [0.25, 0.3) is 10.1 Å². The molecule has 2 rings (SSSR count). The van der Waals surface area contributed by atoms with Gasteiger partial charge >= 0.3 is 6.18 Å². The smallest absolute Gasteiger partial charge is 0.399 e. The Morgan fingerprint density at radius 1 is 1.16 bits per heavy atom. The summed E-state index contributed by atoms with van der Waals surface area (Å²) in [5.41, 5.74) is -0.317. The van der Waals surface area contributed by atoms with Crippen LogP contribution in [0.25, 0.3) is 0 Å². The molecule has 0 bridgehead atoms. The number of alkyl halides is 3. The SMILES string of the molecule is COc1cc(C(c2cc(C)ccc2S(=O)(=O)O)C(F)(F)F)ccc1Br. The molecule has 0 aliphatic carbocycles. The van der Waals surface area contributed by atoms with Crippen molar-refractivity contribution in [3.05, 3.63) is 57.6 Å². The molecule has 136 valence electrons. The lowest BCUT2D eigenvalue weighted by molar-refractivity contribution is -0.141. The molecule has 0 aromatic heterocycles. The van der Waals surface area contributed by atoms with Crippen LogP contribution < -0.4 is 4.74 Å². The molecule has 1 atom stereocenters. The molecule has 0 amide bonds. The van der Waals surface area contributed by atoms with Gasteiger partial charge in [0.15, 0.2) is 0 Å². The highest BCUT2D eigenvalue weighted by molar-refractivity contribution is 9.10. The second kappa shape index (κ2) is 6.97. The van der Waals surface area contributed by atoms with Crippen LogP contribution in [0.2, 0.25) is 0 Å². The summed E-state index contributed by atoms with van der Waals surface area (Å²) in [5, 5.41) is 0. The first-order valence-electron chi connectivity index (χ1n) is 6.93. The van der Waals surface area contributed by atoms with Gasteiger partial charge in [-0.15, -0.1) is 0 Å². The number of aryl methyl sites for hydroxylation is 1. The Kier molecular flexibility index (Phi) is 5.50. The van der Waals surface area contributed by atoms with Gasteiger partial charge in [0.1, 0.15) is 11.7 Å². The fourth-order valence-corrected chi connectivity index (χ4v) is 3.65. The largest absolute Gasteiger partial charge is 0.496 e. The highest BCUT2D eigenvalue weighted by Gasteiger charge is 2.44. The van der Waals surface area contributed by atoms with Crippen LogP contribution >= 0.6 is 15.9 Å². The lowest BCUT2D eigenvalue weighted by Crippen LogP contribution is -2.24. The molecule has 0 fully saturated rings. The molecule has 0 heterocycles. The minimum Gasteiger partial charge on any atom is -0.496 e. The van der Waals surface area contributed by atoms with Gasteiger partial charge in [-0.25, -0.2) is 0 Å². The molecule has 4 nitrogen and oxygen atoms in total. The number of hydrogen-bond acceptors (Lipinski definition) is 3. The molecule has 0 radical (unpaired) electrons. The maximum atomic E-state index is 13.8. The zero-order chi connectivity index (χ0) is 19.0. The van der Waals surface area contributed by atoms with Gasteiger partial charge in [0.05, 0.1) is 16.5 Å². The van der Waals surface area contributed by atoms with E-state index in [0.29, 0.717) is 10.0 Å². The molecular formula is C16H14BrF3O4S. The average molecular weight is 439 g/mol. The first-order chi connectivity index (χ1) is 11.4. The predicted molar refractivity (Wildman–Crippen MR) is 89.6 cm³/mol. The molecular weight excluding hydrogens is 425 g/mol. The molecule has 0 saturated heterocycles. The third-order valence-electron chi connectivity index (χ3n) is 3.59. The second-order valence-electron chi connectivity index (χ2n) is 5.38. The lowest BCUT2D eigenvalue weighted by Gasteiger charge is -2.24. The van der Waals surface area contributed by atoms with E-state index in [4.69, 9.17) is 4.74 Å². The number of ether oxygens (including phenoxy) is 1. The molecule has 2 aromatic rings. The van der Waals surface area contributed by atoms with Gasteiger partial charge in [-0.05, 0) is 52.2 Å². The Morgan fingerprint density at radius 3 is 2.32 bits per heavy atom. The van der Waals surface area contributed by atoms with E-state index in [2.05, 4.69) is 15.9 Å². The van der Waals surface area contributed by atoms with Crippen molar-refractivity contribution >= 4 is 26.0 Å². The van der Waals surface area contributed by atoms with Gasteiger partial charge in [-0.3, -0.25) is 4.55 Å². The average Bonchev–Trinajstić information content (AvgIpc) is 2.46. The summed E-state index contributed by atoms with van der Waals surface area (Å²) < 4.78 is 79.3. The highest BCUT2D eigenvalue weighted by atomic mass is 79.9. The third-order valence-corrected chi connectivity index (χ3v) is 5.17. The standard InChI is InChI=1S/C16H14BrF3O4S/c1-9-3-6-14(25(21,22)23)11(7-9)15(16(18,19)20)10-4-5-12(17)13(8-10)24-2/h3-8,15H,1-2H3,(H,21,22,23). The van der Waals surface area contributed by atoms with Gasteiger partial charge < -0.3 is 4.74 Å². The molecule has 9 heteroatoms. The number of benzene rings is 2. The van der Waals surface area contributed by atoms with Crippen LogP contribution in [-0.4, -0.2) is 26.3 Å². The Hall–Kier alpha value is -1.58. The van der Waals surface area contributed by atoms with E-state index in [1.54, 1.807) is 0 Å². The van der Waals surface area contributed by atoms with Crippen LogP contribution in [0.1, 0.15) is 22.6 Å². The Balaban J connectivity index is 2.79. The summed E-state index contributed by atoms with van der Waals surface area (Å²) in [4.78, 5) is -0.776. The maximum Gasteiger partial charge on any atom is 0.399 e. The van der Waals surface area contributed by atoms with E-state index >= 15 is 0 Å². The molecule has 0 aliphatic rings. The zero-order valence-corrected chi connectivity index (χ0v) is 15.5. The summed E-state index contributed by atoms with van der Waals surface area (Å²) >= 11 is 3.16. The Labute approximate surface area is 151 Å². The number of hydrogen-bond donors (Lipinski definition) is 1. The van der Waals surface area contributed by atoms with Crippen LogP contribution in [0, 0.1) is 6.92 Å². The van der Waals surface area contributed by atoms with Crippen LogP contribution in [0.5, 0.6) is 5.75 Å². The zero-order valence-electron chi connectivity index (χ0n) is 13.1. The van der Waals surface area contributed by atoms with Gasteiger partial charge in [-0.1, -0.05) is 23.8 Å². The highest BCUT2D eigenvalue weighted by Crippen LogP contribution is 2.44. The Morgan fingerprint density at radius 2 is 1.80 bits per heavy atom. The van der Waals surface area contributed by atoms with E-state index in [1.165, 1.54) is 38.3 Å². The van der Waals surface area contributed by atoms with Crippen LogP contribution in [0.4, 0.5) is 13.2 Å². The van der Waals surface area contributed by atoms with Gasteiger partial charge in [0, 0.05) is 0 Å². The van der Waals surface area contributed by atoms with Crippen molar-refractivity contribution in [1.82, 2.24) is 0 Å². The molecule has 0 spiro atoms. The van der Waals surface area contributed by atoms with Crippen LogP contribution in [-0.2, 0) is 10.1 Å². The summed E-state index contributed by atoms with van der Waals surface area (Å²) in [7, 11) is -3.52. The van der Waals surface area contributed by atoms with E-state index in [-0.39, 0.29) is 11.3 Å². The summed E-state index contributed by atoms with van der Waals surface area (Å²) in [5.74, 6) is -2.07. The number of rotatable bonds is 4. The van der Waals surface area contributed by atoms with Crippen molar-refractivity contribution in [3.63, 3.8) is 0 Å². The van der Waals surface area contributed by atoms with E-state index in [9.17, 15) is 26.1 Å². The van der Waals surface area contributed by atoms with Crippen molar-refractivity contribution in [2.75, 3.05) is 7.11 Å². The Bertz CT molecular complexity index is 895. The summed E-state index contributed by atoms with van der Waals surface area (Å²) in [6.07, 6.45) is -4.79. The molecule has 0 saturated carbocycles. The maximum absolute atomic E-state index is 13.8. The quantitative estimate of drug-likeness (QED) is 0.702. The third kappa shape index (κ3) is 4.34. The first kappa shape index (κ1) is 19.7. The van der Waals surface area contributed by atoms with E-state index in [1.807, 2.05) is 0 Å². The summed E-state index contributed by atoms with van der Waals surface area (Å²) in [6, 6.07) is 7.18.